The molecule has 10 heteroatoms. The molecule has 2 fully saturated rings. The average Bonchev–Trinajstić information content (AvgIpc) is 3.05. The van der Waals surface area contributed by atoms with Crippen molar-refractivity contribution in [1.29, 1.82) is 0 Å². The maximum atomic E-state index is 12.6. The predicted octanol–water partition coefficient (Wildman–Crippen LogP) is 4.09. The van der Waals surface area contributed by atoms with Crippen LogP contribution in [-0.4, -0.2) is 40.6 Å². The average molecular weight is 471 g/mol. The fourth-order valence-corrected chi connectivity index (χ4v) is 4.59. The van der Waals surface area contributed by atoms with Crippen LogP contribution >= 0.6 is 11.6 Å². The normalized spacial score (nSPS) is 19.8. The number of halogens is 1. The third-order valence-electron chi connectivity index (χ3n) is 6.14. The van der Waals surface area contributed by atoms with E-state index in [0.717, 1.165) is 25.7 Å². The Hall–Kier alpha value is -3.46. The Morgan fingerprint density at radius 3 is 2.30 bits per heavy atom. The van der Waals surface area contributed by atoms with Gasteiger partial charge in [0.15, 0.2) is 0 Å². The molecule has 33 heavy (non-hydrogen) atoms. The summed E-state index contributed by atoms with van der Waals surface area (Å²) in [4.78, 5) is 49.9. The van der Waals surface area contributed by atoms with Crippen LogP contribution in [0.15, 0.2) is 42.5 Å². The molecular weight excluding hydrogens is 448 g/mol. The molecule has 0 unspecified atom stereocenters. The van der Waals surface area contributed by atoms with Crippen molar-refractivity contribution in [2.45, 2.75) is 25.7 Å². The molecule has 2 aromatic rings. The summed E-state index contributed by atoms with van der Waals surface area (Å²) < 4.78 is 0. The second-order valence-corrected chi connectivity index (χ2v) is 8.64. The Bertz CT molecular complexity index is 1080. The molecule has 4 rings (SSSR count). The Kier molecular flexibility index (Phi) is 6.60. The van der Waals surface area contributed by atoms with E-state index in [9.17, 15) is 24.5 Å². The van der Waals surface area contributed by atoms with Gasteiger partial charge in [-0.25, -0.2) is 0 Å². The van der Waals surface area contributed by atoms with E-state index in [0.29, 0.717) is 10.7 Å². The van der Waals surface area contributed by atoms with E-state index in [1.807, 2.05) is 0 Å². The number of nitrogens with zero attached hydrogens (tertiary/aromatic N) is 2. The molecule has 2 aromatic carbocycles. The lowest BCUT2D eigenvalue weighted by atomic mass is 9.81. The van der Waals surface area contributed by atoms with Crippen LogP contribution in [0.4, 0.5) is 17.1 Å². The number of imide groups is 1. The SMILES string of the molecule is O=C(Nc1ccc(Cl)cc1)c1ccc(NCCN2C(=O)[C@@H]3CCCC[C@H]3C2=O)c([N+](=O)[O-])c1. The zero-order valence-corrected chi connectivity index (χ0v) is 18.5. The zero-order chi connectivity index (χ0) is 23.5. The monoisotopic (exact) mass is 470 g/mol. The van der Waals surface area contributed by atoms with Crippen molar-refractivity contribution in [3.05, 3.63) is 63.2 Å². The van der Waals surface area contributed by atoms with Crippen molar-refractivity contribution >= 4 is 46.4 Å². The highest BCUT2D eigenvalue weighted by atomic mass is 35.5. The van der Waals surface area contributed by atoms with Gasteiger partial charge in [0.25, 0.3) is 11.6 Å². The Labute approximate surface area is 195 Å². The van der Waals surface area contributed by atoms with Crippen LogP contribution in [0.25, 0.3) is 0 Å². The van der Waals surface area contributed by atoms with Gasteiger partial charge >= 0.3 is 0 Å². The molecule has 0 bridgehead atoms. The van der Waals surface area contributed by atoms with E-state index in [1.54, 1.807) is 24.3 Å². The molecule has 9 nitrogen and oxygen atoms in total. The predicted molar refractivity (Wildman–Crippen MR) is 123 cm³/mol. The maximum Gasteiger partial charge on any atom is 0.293 e. The Morgan fingerprint density at radius 2 is 1.70 bits per heavy atom. The van der Waals surface area contributed by atoms with Gasteiger partial charge < -0.3 is 10.6 Å². The van der Waals surface area contributed by atoms with Crippen molar-refractivity contribution in [3.8, 4) is 0 Å². The second-order valence-electron chi connectivity index (χ2n) is 8.20. The molecule has 0 aromatic heterocycles. The van der Waals surface area contributed by atoms with Gasteiger partial charge in [-0.2, -0.15) is 0 Å². The number of fused-ring (bicyclic) bond motifs is 1. The third-order valence-corrected chi connectivity index (χ3v) is 6.39. The molecule has 2 N–H and O–H groups in total. The fourth-order valence-electron chi connectivity index (χ4n) is 4.46. The number of amides is 3. The first kappa shape index (κ1) is 22.7. The first-order chi connectivity index (χ1) is 15.8. The minimum Gasteiger partial charge on any atom is -0.378 e. The van der Waals surface area contributed by atoms with E-state index in [4.69, 9.17) is 11.6 Å². The van der Waals surface area contributed by atoms with Gasteiger partial charge in [0.1, 0.15) is 5.69 Å². The second kappa shape index (κ2) is 9.58. The van der Waals surface area contributed by atoms with Gasteiger partial charge in [-0.3, -0.25) is 29.4 Å². The summed E-state index contributed by atoms with van der Waals surface area (Å²) >= 11 is 5.83. The highest BCUT2D eigenvalue weighted by Gasteiger charge is 2.47. The van der Waals surface area contributed by atoms with Crippen LogP contribution in [-0.2, 0) is 9.59 Å². The number of carbonyl (C=O) groups excluding carboxylic acids is 3. The van der Waals surface area contributed by atoms with Gasteiger partial charge in [-0.1, -0.05) is 24.4 Å². The lowest BCUT2D eigenvalue weighted by Crippen LogP contribution is -2.35. The zero-order valence-electron chi connectivity index (χ0n) is 17.8. The summed E-state index contributed by atoms with van der Waals surface area (Å²) in [5.74, 6) is -1.23. The summed E-state index contributed by atoms with van der Waals surface area (Å²) in [6.07, 6.45) is 3.39. The lowest BCUT2D eigenvalue weighted by Gasteiger charge is -2.19. The number of carbonyl (C=O) groups is 3. The quantitative estimate of drug-likeness (QED) is 0.357. The van der Waals surface area contributed by atoms with Gasteiger partial charge in [0.05, 0.1) is 16.8 Å². The standard InChI is InChI=1S/C23H23ClN4O5/c24-15-6-8-16(9-7-15)26-21(29)14-5-10-19(20(13-14)28(32)33)25-11-12-27-22(30)17-3-1-2-4-18(17)23(27)31/h5-10,13,17-18,25H,1-4,11-12H2,(H,26,29)/t17-,18-/m1/s1. The minimum absolute atomic E-state index is 0.121. The number of rotatable bonds is 7. The highest BCUT2D eigenvalue weighted by Crippen LogP contribution is 2.38. The lowest BCUT2D eigenvalue weighted by molar-refractivity contribution is -0.384. The summed E-state index contributed by atoms with van der Waals surface area (Å²) in [6, 6.07) is 10.6. The number of nitro groups is 1. The number of nitro benzene ring substituents is 1. The fraction of sp³-hybridized carbons (Fsp3) is 0.348. The molecule has 1 aliphatic heterocycles. The van der Waals surface area contributed by atoms with Crippen LogP contribution < -0.4 is 10.6 Å². The van der Waals surface area contributed by atoms with Crippen LogP contribution in [0.2, 0.25) is 5.02 Å². The van der Waals surface area contributed by atoms with E-state index in [1.165, 1.54) is 23.1 Å². The van der Waals surface area contributed by atoms with E-state index in [-0.39, 0.29) is 53.7 Å². The largest absolute Gasteiger partial charge is 0.378 e. The van der Waals surface area contributed by atoms with Crippen molar-refractivity contribution in [1.82, 2.24) is 4.90 Å². The van der Waals surface area contributed by atoms with E-state index >= 15 is 0 Å². The molecule has 3 amide bonds. The minimum atomic E-state index is -0.581. The molecule has 0 radical (unpaired) electrons. The van der Waals surface area contributed by atoms with Crippen LogP contribution in [0.1, 0.15) is 36.0 Å². The topological polar surface area (TPSA) is 122 Å². The first-order valence-corrected chi connectivity index (χ1v) is 11.2. The number of benzene rings is 2. The molecular formula is C23H23ClN4O5. The molecule has 0 spiro atoms. The van der Waals surface area contributed by atoms with E-state index in [2.05, 4.69) is 10.6 Å². The van der Waals surface area contributed by atoms with Crippen molar-refractivity contribution in [2.24, 2.45) is 11.8 Å². The van der Waals surface area contributed by atoms with Crippen molar-refractivity contribution < 1.29 is 19.3 Å². The number of hydrogen-bond donors (Lipinski definition) is 2. The molecule has 2 aliphatic rings. The van der Waals surface area contributed by atoms with Crippen molar-refractivity contribution in [2.75, 3.05) is 23.7 Å². The van der Waals surface area contributed by atoms with Crippen molar-refractivity contribution in [3.63, 3.8) is 0 Å². The van der Waals surface area contributed by atoms with Crippen LogP contribution in [0.3, 0.4) is 0 Å². The van der Waals surface area contributed by atoms with Gasteiger partial charge in [0.2, 0.25) is 11.8 Å². The summed E-state index contributed by atoms with van der Waals surface area (Å²) in [7, 11) is 0. The van der Waals surface area contributed by atoms with Gasteiger partial charge in [-0.15, -0.1) is 0 Å². The van der Waals surface area contributed by atoms with E-state index < -0.39 is 10.8 Å². The molecule has 172 valence electrons. The smallest absolute Gasteiger partial charge is 0.293 e. The van der Waals surface area contributed by atoms with Crippen LogP contribution in [0, 0.1) is 22.0 Å². The Morgan fingerprint density at radius 1 is 1.06 bits per heavy atom. The number of likely N-dealkylation sites (tertiary alicyclic amines) is 1. The number of hydrogen-bond acceptors (Lipinski definition) is 6. The van der Waals surface area contributed by atoms with Crippen LogP contribution in [0.5, 0.6) is 0 Å². The molecule has 2 atom stereocenters. The molecule has 1 aliphatic carbocycles. The molecule has 1 saturated heterocycles. The maximum absolute atomic E-state index is 12.6. The Balaban J connectivity index is 1.41. The first-order valence-electron chi connectivity index (χ1n) is 10.8. The summed E-state index contributed by atoms with van der Waals surface area (Å²) in [6.45, 7) is 0.314. The summed E-state index contributed by atoms with van der Waals surface area (Å²) in [5, 5.41) is 17.7. The van der Waals surface area contributed by atoms with Gasteiger partial charge in [0, 0.05) is 35.4 Å². The molecule has 1 saturated carbocycles. The molecule has 1 heterocycles. The third kappa shape index (κ3) is 4.83. The number of nitrogens with one attached hydrogen (secondary N) is 2. The summed E-state index contributed by atoms with van der Waals surface area (Å²) in [5.41, 5.74) is 0.567. The highest BCUT2D eigenvalue weighted by molar-refractivity contribution is 6.30. The van der Waals surface area contributed by atoms with Gasteiger partial charge in [-0.05, 0) is 49.2 Å². The number of anilines is 2.